The van der Waals surface area contributed by atoms with Crippen molar-refractivity contribution in [3.05, 3.63) is 34.3 Å². The second kappa shape index (κ2) is 6.17. The quantitative estimate of drug-likeness (QED) is 0.782. The molecule has 2 heteroatoms. The predicted molar refractivity (Wildman–Crippen MR) is 61.0 cm³/mol. The third-order valence-corrected chi connectivity index (χ3v) is 2.46. The molecule has 0 fully saturated rings. The highest BCUT2D eigenvalue weighted by atomic mass is 79.9. The molecule has 0 saturated heterocycles. The van der Waals surface area contributed by atoms with E-state index in [0.29, 0.717) is 0 Å². The Kier molecular flexibility index (Phi) is 5.09. The second-order valence-electron chi connectivity index (χ2n) is 3.13. The molecule has 1 aromatic carbocycles. The van der Waals surface area contributed by atoms with Crippen LogP contribution < -0.4 is 5.32 Å². The number of hydrogen-bond acceptors (Lipinski definition) is 1. The lowest BCUT2D eigenvalue weighted by atomic mass is 10.1. The van der Waals surface area contributed by atoms with Gasteiger partial charge in [0.05, 0.1) is 0 Å². The number of hydrogen-bond donors (Lipinski definition) is 1. The Balaban J connectivity index is 2.25. The molecule has 1 aromatic rings. The lowest BCUT2D eigenvalue weighted by molar-refractivity contribution is 0.671. The summed E-state index contributed by atoms with van der Waals surface area (Å²) in [6.07, 6.45) is 2.33. The molecule has 1 N–H and O–H groups in total. The summed E-state index contributed by atoms with van der Waals surface area (Å²) >= 11 is 3.42. The van der Waals surface area contributed by atoms with E-state index < -0.39 is 0 Å². The first-order valence-electron chi connectivity index (χ1n) is 4.78. The van der Waals surface area contributed by atoms with Gasteiger partial charge < -0.3 is 5.32 Å². The van der Waals surface area contributed by atoms with E-state index in [9.17, 15) is 0 Å². The molecule has 0 aliphatic rings. The third kappa shape index (κ3) is 4.44. The molecular formula is C11H16BrN. The standard InChI is InChI=1S/C11H16BrN/c1-2-8-13-9-7-10-3-5-11(12)6-4-10/h3-6,13H,2,7-9H2,1H3. The highest BCUT2D eigenvalue weighted by Crippen LogP contribution is 2.10. The van der Waals surface area contributed by atoms with Gasteiger partial charge in [-0.05, 0) is 43.6 Å². The van der Waals surface area contributed by atoms with Gasteiger partial charge in [0.1, 0.15) is 0 Å². The van der Waals surface area contributed by atoms with Crippen molar-refractivity contribution in [2.24, 2.45) is 0 Å². The zero-order valence-electron chi connectivity index (χ0n) is 8.02. The fraction of sp³-hybridized carbons (Fsp3) is 0.455. The molecule has 13 heavy (non-hydrogen) atoms. The van der Waals surface area contributed by atoms with Crippen LogP contribution in [0, 0.1) is 0 Å². The summed E-state index contributed by atoms with van der Waals surface area (Å²) in [6, 6.07) is 8.51. The molecule has 0 radical (unpaired) electrons. The number of benzene rings is 1. The van der Waals surface area contributed by atoms with E-state index in [0.717, 1.165) is 24.0 Å². The average molecular weight is 242 g/mol. The molecule has 0 aliphatic carbocycles. The number of rotatable bonds is 5. The van der Waals surface area contributed by atoms with Gasteiger partial charge in [-0.2, -0.15) is 0 Å². The maximum atomic E-state index is 3.42. The number of nitrogens with one attached hydrogen (secondary N) is 1. The molecule has 0 unspecified atom stereocenters. The van der Waals surface area contributed by atoms with E-state index in [1.54, 1.807) is 0 Å². The molecule has 72 valence electrons. The number of halogens is 1. The molecule has 0 spiro atoms. The molecule has 0 aromatic heterocycles. The van der Waals surface area contributed by atoms with E-state index in [1.807, 2.05) is 0 Å². The lowest BCUT2D eigenvalue weighted by Gasteiger charge is -2.02. The summed E-state index contributed by atoms with van der Waals surface area (Å²) in [5.41, 5.74) is 1.40. The molecule has 0 saturated carbocycles. The fourth-order valence-corrected chi connectivity index (χ4v) is 1.45. The van der Waals surface area contributed by atoms with Crippen LogP contribution in [-0.2, 0) is 6.42 Å². The van der Waals surface area contributed by atoms with Crippen molar-refractivity contribution in [3.8, 4) is 0 Å². The summed E-state index contributed by atoms with van der Waals surface area (Å²) in [6.45, 7) is 4.39. The van der Waals surface area contributed by atoms with Crippen LogP contribution in [0.3, 0.4) is 0 Å². The van der Waals surface area contributed by atoms with Crippen LogP contribution in [-0.4, -0.2) is 13.1 Å². The van der Waals surface area contributed by atoms with Gasteiger partial charge in [0, 0.05) is 4.47 Å². The van der Waals surface area contributed by atoms with Gasteiger partial charge in [0.2, 0.25) is 0 Å². The average Bonchev–Trinajstić information content (AvgIpc) is 2.15. The van der Waals surface area contributed by atoms with Gasteiger partial charge in [-0.25, -0.2) is 0 Å². The molecule has 1 nitrogen and oxygen atoms in total. The van der Waals surface area contributed by atoms with Crippen molar-refractivity contribution in [1.82, 2.24) is 5.32 Å². The predicted octanol–water partition coefficient (Wildman–Crippen LogP) is 2.99. The van der Waals surface area contributed by atoms with Gasteiger partial charge in [-0.1, -0.05) is 35.0 Å². The Hall–Kier alpha value is -0.340. The Bertz CT molecular complexity index is 230. The van der Waals surface area contributed by atoms with Crippen LogP contribution in [0.15, 0.2) is 28.7 Å². The second-order valence-corrected chi connectivity index (χ2v) is 4.04. The Labute approximate surface area is 88.7 Å². The van der Waals surface area contributed by atoms with Crippen molar-refractivity contribution in [3.63, 3.8) is 0 Å². The zero-order valence-corrected chi connectivity index (χ0v) is 9.60. The van der Waals surface area contributed by atoms with E-state index in [4.69, 9.17) is 0 Å². The van der Waals surface area contributed by atoms with E-state index in [2.05, 4.69) is 52.4 Å². The van der Waals surface area contributed by atoms with Crippen LogP contribution in [0.25, 0.3) is 0 Å². The van der Waals surface area contributed by atoms with Gasteiger partial charge in [-0.15, -0.1) is 0 Å². The van der Waals surface area contributed by atoms with E-state index in [1.165, 1.54) is 12.0 Å². The Morgan fingerprint density at radius 1 is 1.15 bits per heavy atom. The molecule has 0 amide bonds. The topological polar surface area (TPSA) is 12.0 Å². The van der Waals surface area contributed by atoms with Crippen LogP contribution in [0.5, 0.6) is 0 Å². The van der Waals surface area contributed by atoms with Gasteiger partial charge in [-0.3, -0.25) is 0 Å². The van der Waals surface area contributed by atoms with Crippen LogP contribution in [0.2, 0.25) is 0 Å². The summed E-state index contributed by atoms with van der Waals surface area (Å²) in [5, 5.41) is 3.39. The molecule has 0 aliphatic heterocycles. The summed E-state index contributed by atoms with van der Waals surface area (Å²) in [4.78, 5) is 0. The molecule has 0 bridgehead atoms. The van der Waals surface area contributed by atoms with E-state index in [-0.39, 0.29) is 0 Å². The summed E-state index contributed by atoms with van der Waals surface area (Å²) in [7, 11) is 0. The molecule has 0 atom stereocenters. The monoisotopic (exact) mass is 241 g/mol. The van der Waals surface area contributed by atoms with Crippen molar-refractivity contribution in [2.45, 2.75) is 19.8 Å². The molecule has 1 rings (SSSR count). The smallest absolute Gasteiger partial charge is 0.0175 e. The maximum absolute atomic E-state index is 3.42. The van der Waals surface area contributed by atoms with Crippen LogP contribution in [0.4, 0.5) is 0 Å². The Morgan fingerprint density at radius 3 is 2.46 bits per heavy atom. The molecule has 0 heterocycles. The van der Waals surface area contributed by atoms with E-state index >= 15 is 0 Å². The maximum Gasteiger partial charge on any atom is 0.0175 e. The van der Waals surface area contributed by atoms with Crippen molar-refractivity contribution < 1.29 is 0 Å². The van der Waals surface area contributed by atoms with Gasteiger partial charge in [0.25, 0.3) is 0 Å². The van der Waals surface area contributed by atoms with Crippen molar-refractivity contribution in [2.75, 3.05) is 13.1 Å². The van der Waals surface area contributed by atoms with Crippen LogP contribution >= 0.6 is 15.9 Å². The highest BCUT2D eigenvalue weighted by Gasteiger charge is 1.92. The summed E-state index contributed by atoms with van der Waals surface area (Å²) < 4.78 is 1.15. The van der Waals surface area contributed by atoms with Crippen molar-refractivity contribution in [1.29, 1.82) is 0 Å². The first kappa shape index (κ1) is 10.7. The first-order valence-corrected chi connectivity index (χ1v) is 5.57. The zero-order chi connectivity index (χ0) is 9.52. The minimum atomic E-state index is 1.08. The summed E-state index contributed by atoms with van der Waals surface area (Å²) in [5.74, 6) is 0. The van der Waals surface area contributed by atoms with Gasteiger partial charge >= 0.3 is 0 Å². The Morgan fingerprint density at radius 2 is 1.85 bits per heavy atom. The van der Waals surface area contributed by atoms with Gasteiger partial charge in [0.15, 0.2) is 0 Å². The van der Waals surface area contributed by atoms with Crippen molar-refractivity contribution >= 4 is 15.9 Å². The highest BCUT2D eigenvalue weighted by molar-refractivity contribution is 9.10. The third-order valence-electron chi connectivity index (χ3n) is 1.93. The minimum absolute atomic E-state index is 1.08. The largest absolute Gasteiger partial charge is 0.316 e. The lowest BCUT2D eigenvalue weighted by Crippen LogP contribution is -2.17. The minimum Gasteiger partial charge on any atom is -0.316 e. The SMILES string of the molecule is CCCNCCc1ccc(Br)cc1. The fourth-order valence-electron chi connectivity index (χ4n) is 1.19. The first-order chi connectivity index (χ1) is 6.33. The van der Waals surface area contributed by atoms with Crippen LogP contribution in [0.1, 0.15) is 18.9 Å². The molecular weight excluding hydrogens is 226 g/mol. The normalized spacial score (nSPS) is 10.3.